The fraction of sp³-hybridized carbons (Fsp3) is 0.636. The highest BCUT2D eigenvalue weighted by Gasteiger charge is 2.16. The summed E-state index contributed by atoms with van der Waals surface area (Å²) in [5.41, 5.74) is 5.91. The minimum atomic E-state index is -0.126. The van der Waals surface area contributed by atoms with Gasteiger partial charge in [0.05, 0.1) is 6.10 Å². The molecule has 0 aromatic carbocycles. The summed E-state index contributed by atoms with van der Waals surface area (Å²) in [4.78, 5) is 15.8. The van der Waals surface area contributed by atoms with Gasteiger partial charge in [0.25, 0.3) is 5.91 Å². The smallest absolute Gasteiger partial charge is 0.270 e. The average molecular weight is 255 g/mol. The lowest BCUT2D eigenvalue weighted by Crippen LogP contribution is -2.27. The van der Waals surface area contributed by atoms with Crippen molar-refractivity contribution in [3.05, 3.63) is 16.1 Å². The number of rotatable bonds is 5. The molecule has 2 heterocycles. The van der Waals surface area contributed by atoms with E-state index in [1.54, 1.807) is 5.38 Å². The fourth-order valence-corrected chi connectivity index (χ4v) is 2.47. The van der Waals surface area contributed by atoms with E-state index in [2.05, 4.69) is 10.3 Å². The van der Waals surface area contributed by atoms with Crippen LogP contribution in [0.4, 0.5) is 0 Å². The molecular weight excluding hydrogens is 238 g/mol. The van der Waals surface area contributed by atoms with Crippen molar-refractivity contribution >= 4 is 17.2 Å². The fourth-order valence-electron chi connectivity index (χ4n) is 1.82. The highest BCUT2D eigenvalue weighted by atomic mass is 32.1. The first-order valence-electron chi connectivity index (χ1n) is 5.84. The van der Waals surface area contributed by atoms with Gasteiger partial charge in [0.15, 0.2) is 0 Å². The molecule has 1 aliphatic heterocycles. The normalized spacial score (nSPS) is 19.5. The molecule has 0 saturated carbocycles. The molecular formula is C11H17N3O2S. The minimum Gasteiger partial charge on any atom is -0.378 e. The van der Waals surface area contributed by atoms with E-state index in [1.807, 2.05) is 0 Å². The van der Waals surface area contributed by atoms with E-state index in [-0.39, 0.29) is 5.91 Å². The molecule has 3 N–H and O–H groups in total. The van der Waals surface area contributed by atoms with Crippen LogP contribution in [0.15, 0.2) is 5.38 Å². The van der Waals surface area contributed by atoms with Crippen molar-refractivity contribution in [2.45, 2.75) is 31.9 Å². The second kappa shape index (κ2) is 6.09. The molecule has 2 rings (SSSR count). The summed E-state index contributed by atoms with van der Waals surface area (Å²) in [5, 5.41) is 5.37. The van der Waals surface area contributed by atoms with Gasteiger partial charge in [-0.2, -0.15) is 0 Å². The zero-order valence-electron chi connectivity index (χ0n) is 9.65. The Morgan fingerprint density at radius 1 is 1.71 bits per heavy atom. The Hall–Kier alpha value is -0.980. The second-order valence-corrected chi connectivity index (χ2v) is 4.95. The van der Waals surface area contributed by atoms with Crippen molar-refractivity contribution in [3.8, 4) is 0 Å². The van der Waals surface area contributed by atoms with Gasteiger partial charge in [-0.25, -0.2) is 4.98 Å². The molecule has 1 fully saturated rings. The third kappa shape index (κ3) is 3.49. The average Bonchev–Trinajstić information content (AvgIpc) is 2.99. The molecule has 1 atom stereocenters. The Balaban J connectivity index is 1.72. The standard InChI is InChI=1S/C11H17N3O2S/c12-6-10-14-9(7-17-10)11(15)13-4-3-8-2-1-5-16-8/h7-8H,1-6,12H2,(H,13,15). The summed E-state index contributed by atoms with van der Waals surface area (Å²) in [5.74, 6) is -0.126. The van der Waals surface area contributed by atoms with Crippen LogP contribution in [0.1, 0.15) is 34.8 Å². The topological polar surface area (TPSA) is 77.2 Å². The first-order valence-corrected chi connectivity index (χ1v) is 6.72. The molecule has 1 aromatic rings. The number of ether oxygens (including phenoxy) is 1. The number of nitrogens with one attached hydrogen (secondary N) is 1. The van der Waals surface area contributed by atoms with Crippen LogP contribution in [0.2, 0.25) is 0 Å². The van der Waals surface area contributed by atoms with Crippen LogP contribution in [0.3, 0.4) is 0 Å². The zero-order valence-corrected chi connectivity index (χ0v) is 10.5. The van der Waals surface area contributed by atoms with Gasteiger partial charge in [-0.3, -0.25) is 4.79 Å². The second-order valence-electron chi connectivity index (χ2n) is 4.01. The van der Waals surface area contributed by atoms with Gasteiger partial charge >= 0.3 is 0 Å². The summed E-state index contributed by atoms with van der Waals surface area (Å²) in [6, 6.07) is 0. The molecule has 1 aliphatic rings. The molecule has 17 heavy (non-hydrogen) atoms. The van der Waals surface area contributed by atoms with E-state index in [1.165, 1.54) is 11.3 Å². The molecule has 5 nitrogen and oxygen atoms in total. The molecule has 1 aromatic heterocycles. The molecule has 94 valence electrons. The molecule has 1 amide bonds. The van der Waals surface area contributed by atoms with Gasteiger partial charge in [0, 0.05) is 25.1 Å². The third-order valence-corrected chi connectivity index (χ3v) is 3.61. The van der Waals surface area contributed by atoms with Crippen LogP contribution in [-0.2, 0) is 11.3 Å². The Labute approximate surface area is 104 Å². The van der Waals surface area contributed by atoms with Crippen LogP contribution < -0.4 is 11.1 Å². The van der Waals surface area contributed by atoms with E-state index >= 15 is 0 Å². The number of aromatic nitrogens is 1. The Morgan fingerprint density at radius 3 is 3.24 bits per heavy atom. The summed E-state index contributed by atoms with van der Waals surface area (Å²) in [6.45, 7) is 1.87. The summed E-state index contributed by atoms with van der Waals surface area (Å²) in [7, 11) is 0. The van der Waals surface area contributed by atoms with Crippen molar-refractivity contribution in [2.24, 2.45) is 5.73 Å². The van der Waals surface area contributed by atoms with Crippen molar-refractivity contribution in [2.75, 3.05) is 13.2 Å². The highest BCUT2D eigenvalue weighted by Crippen LogP contribution is 2.14. The molecule has 0 aliphatic carbocycles. The largest absolute Gasteiger partial charge is 0.378 e. The Bertz CT molecular complexity index is 375. The predicted octanol–water partition coefficient (Wildman–Crippen LogP) is 0.901. The maximum absolute atomic E-state index is 11.7. The zero-order chi connectivity index (χ0) is 12.1. The minimum absolute atomic E-state index is 0.126. The van der Waals surface area contributed by atoms with Crippen molar-refractivity contribution in [1.82, 2.24) is 10.3 Å². The Kier molecular flexibility index (Phi) is 4.47. The molecule has 0 bridgehead atoms. The van der Waals surface area contributed by atoms with Crippen molar-refractivity contribution in [3.63, 3.8) is 0 Å². The van der Waals surface area contributed by atoms with E-state index in [9.17, 15) is 4.79 Å². The molecule has 1 saturated heterocycles. The monoisotopic (exact) mass is 255 g/mol. The van der Waals surface area contributed by atoms with Gasteiger partial charge in [-0.05, 0) is 19.3 Å². The van der Waals surface area contributed by atoms with E-state index in [4.69, 9.17) is 10.5 Å². The number of nitrogens with two attached hydrogens (primary N) is 1. The van der Waals surface area contributed by atoms with E-state index in [0.717, 1.165) is 30.9 Å². The van der Waals surface area contributed by atoms with Gasteiger partial charge in [0.2, 0.25) is 0 Å². The predicted molar refractivity (Wildman–Crippen MR) is 65.9 cm³/mol. The van der Waals surface area contributed by atoms with Crippen LogP contribution in [0.25, 0.3) is 0 Å². The van der Waals surface area contributed by atoms with Gasteiger partial charge < -0.3 is 15.8 Å². The molecule has 1 unspecified atom stereocenters. The van der Waals surface area contributed by atoms with E-state index in [0.29, 0.717) is 24.9 Å². The number of carbonyl (C=O) groups is 1. The number of amides is 1. The van der Waals surface area contributed by atoms with E-state index < -0.39 is 0 Å². The lowest BCUT2D eigenvalue weighted by molar-refractivity contribution is 0.0903. The summed E-state index contributed by atoms with van der Waals surface area (Å²) in [6.07, 6.45) is 3.42. The van der Waals surface area contributed by atoms with Crippen molar-refractivity contribution < 1.29 is 9.53 Å². The van der Waals surface area contributed by atoms with Crippen LogP contribution in [0, 0.1) is 0 Å². The van der Waals surface area contributed by atoms with Crippen LogP contribution >= 0.6 is 11.3 Å². The highest BCUT2D eigenvalue weighted by molar-refractivity contribution is 7.09. The molecule has 0 spiro atoms. The lowest BCUT2D eigenvalue weighted by Gasteiger charge is -2.09. The number of hydrogen-bond acceptors (Lipinski definition) is 5. The Morgan fingerprint density at radius 2 is 2.59 bits per heavy atom. The SMILES string of the molecule is NCc1nc(C(=O)NCCC2CCCO2)cs1. The van der Waals surface area contributed by atoms with Crippen LogP contribution in [0.5, 0.6) is 0 Å². The first kappa shape index (κ1) is 12.5. The number of hydrogen-bond donors (Lipinski definition) is 2. The number of thiazole rings is 1. The maximum atomic E-state index is 11.7. The quantitative estimate of drug-likeness (QED) is 0.819. The summed E-state index contributed by atoms with van der Waals surface area (Å²) < 4.78 is 5.48. The maximum Gasteiger partial charge on any atom is 0.270 e. The van der Waals surface area contributed by atoms with Gasteiger partial charge in [-0.15, -0.1) is 11.3 Å². The van der Waals surface area contributed by atoms with Crippen LogP contribution in [-0.4, -0.2) is 30.1 Å². The van der Waals surface area contributed by atoms with Crippen molar-refractivity contribution in [1.29, 1.82) is 0 Å². The van der Waals surface area contributed by atoms with Gasteiger partial charge in [0.1, 0.15) is 10.7 Å². The molecule has 0 radical (unpaired) electrons. The number of carbonyl (C=O) groups excluding carboxylic acids is 1. The summed E-state index contributed by atoms with van der Waals surface area (Å²) >= 11 is 1.42. The molecule has 6 heteroatoms. The number of nitrogens with zero attached hydrogens (tertiary/aromatic N) is 1. The van der Waals surface area contributed by atoms with Gasteiger partial charge in [-0.1, -0.05) is 0 Å². The lowest BCUT2D eigenvalue weighted by atomic mass is 10.2. The first-order chi connectivity index (χ1) is 8.29. The third-order valence-electron chi connectivity index (χ3n) is 2.73.